The SMILES string of the molecule is CC1=CC[C@@H]2[C@@H](C1)c1c(O)cc(C(C)(C)c3ccc(Cl)cc3)cc1OC2(C)C.CC1=CC[C@@H]2[C@@H](C1)c1c(O)cc(C(C)(C)c3cccc(C)c3)cc1OC2(C)C.CC1=CC[C@@H]2[C@@H](C1)c1c(O)cc(C(C)(C)c3cccc(Cl)c3)cc1OC2(C)C.CC1=CC[C@@H]2[C@@H](C1)c1c(O)cc(C(C)(C)c3cccs3)cc1OC2(C)C. The number of allylic oxidation sites excluding steroid dienone is 8. The van der Waals surface area contributed by atoms with Crippen LogP contribution < -0.4 is 18.9 Å². The van der Waals surface area contributed by atoms with Crippen molar-refractivity contribution in [3.63, 3.8) is 0 Å². The molecule has 5 heterocycles. The zero-order valence-electron chi connectivity index (χ0n) is 69.0. The van der Waals surface area contributed by atoms with E-state index in [1.165, 1.54) is 38.3 Å². The molecule has 1 aromatic heterocycles. The van der Waals surface area contributed by atoms with Gasteiger partial charge in [-0.25, -0.2) is 0 Å². The maximum absolute atomic E-state index is 11.1. The highest BCUT2D eigenvalue weighted by Gasteiger charge is 2.51. The molecule has 4 aliphatic heterocycles. The summed E-state index contributed by atoms with van der Waals surface area (Å²) in [6.07, 6.45) is 17.3. The molecule has 8 aromatic rings. The van der Waals surface area contributed by atoms with Crippen molar-refractivity contribution in [3.05, 3.63) is 267 Å². The van der Waals surface area contributed by atoms with Crippen LogP contribution in [0.1, 0.15) is 285 Å². The number of phenols is 4. The second-order valence-corrected chi connectivity index (χ2v) is 39.4. The Labute approximate surface area is 670 Å². The number of ether oxygens (including phenoxy) is 4. The average molecular weight is 1540 g/mol. The molecule has 11 heteroatoms. The number of hydrogen-bond donors (Lipinski definition) is 4. The van der Waals surface area contributed by atoms with E-state index < -0.39 is 0 Å². The van der Waals surface area contributed by atoms with Crippen molar-refractivity contribution in [2.75, 3.05) is 0 Å². The van der Waals surface area contributed by atoms with Crippen LogP contribution in [0.15, 0.2) is 185 Å². The summed E-state index contributed by atoms with van der Waals surface area (Å²) in [4.78, 5) is 1.29. The monoisotopic (exact) mass is 1540 g/mol. The van der Waals surface area contributed by atoms with Gasteiger partial charge in [0, 0.05) is 106 Å². The summed E-state index contributed by atoms with van der Waals surface area (Å²) in [6, 6.07) is 45.1. The van der Waals surface area contributed by atoms with Crippen LogP contribution >= 0.6 is 34.5 Å². The first-order valence-corrected chi connectivity index (χ1v) is 41.6. The summed E-state index contributed by atoms with van der Waals surface area (Å²) in [5.41, 5.74) is 16.7. The van der Waals surface area contributed by atoms with Gasteiger partial charge in [-0.15, -0.1) is 11.3 Å². The lowest BCUT2D eigenvalue weighted by atomic mass is 9.66. The van der Waals surface area contributed by atoms with Crippen molar-refractivity contribution in [3.8, 4) is 46.0 Å². The van der Waals surface area contributed by atoms with E-state index >= 15 is 0 Å². The Bertz CT molecular complexity index is 4780. The molecule has 110 heavy (non-hydrogen) atoms. The minimum absolute atomic E-state index is 0.159. The number of aryl methyl sites for hydroxylation is 1. The largest absolute Gasteiger partial charge is 0.508 e. The molecule has 7 aromatic carbocycles. The maximum Gasteiger partial charge on any atom is 0.127 e. The first-order valence-electron chi connectivity index (χ1n) is 40.0. The molecule has 0 spiro atoms. The summed E-state index contributed by atoms with van der Waals surface area (Å²) >= 11 is 14.1. The Morgan fingerprint density at radius 1 is 0.336 bits per heavy atom. The summed E-state index contributed by atoms with van der Waals surface area (Å²) in [5.74, 6) is 7.66. The minimum Gasteiger partial charge on any atom is -0.508 e. The number of aromatic hydroxyl groups is 4. The third-order valence-corrected chi connectivity index (χ3v) is 28.6. The van der Waals surface area contributed by atoms with E-state index in [9.17, 15) is 20.4 Å². The van der Waals surface area contributed by atoms with Crippen LogP contribution in [0.25, 0.3) is 0 Å². The third kappa shape index (κ3) is 15.4. The summed E-state index contributed by atoms with van der Waals surface area (Å²) in [6.45, 7) is 45.9. The summed E-state index contributed by atoms with van der Waals surface area (Å²) in [7, 11) is 0. The first kappa shape index (κ1) is 80.2. The van der Waals surface area contributed by atoms with Crippen LogP contribution in [-0.2, 0) is 21.7 Å². The smallest absolute Gasteiger partial charge is 0.127 e. The predicted octanol–water partition coefficient (Wildman–Crippen LogP) is 27.0. The van der Waals surface area contributed by atoms with Gasteiger partial charge in [-0.1, -0.05) is 185 Å². The van der Waals surface area contributed by atoms with Crippen molar-refractivity contribution >= 4 is 34.5 Å². The number of rotatable bonds is 8. The van der Waals surface area contributed by atoms with Gasteiger partial charge in [0.2, 0.25) is 0 Å². The van der Waals surface area contributed by atoms with E-state index in [2.05, 4.69) is 254 Å². The van der Waals surface area contributed by atoms with Gasteiger partial charge in [0.1, 0.15) is 68.4 Å². The highest BCUT2D eigenvalue weighted by molar-refractivity contribution is 7.10. The zero-order chi connectivity index (χ0) is 79.5. The Morgan fingerprint density at radius 2 is 0.645 bits per heavy atom. The third-order valence-electron chi connectivity index (χ3n) is 26.9. The van der Waals surface area contributed by atoms with E-state index in [1.807, 2.05) is 54.6 Å². The fourth-order valence-electron chi connectivity index (χ4n) is 19.8. The topological polar surface area (TPSA) is 118 Å². The Morgan fingerprint density at radius 3 is 0.955 bits per heavy atom. The highest BCUT2D eigenvalue weighted by atomic mass is 35.5. The van der Waals surface area contributed by atoms with E-state index in [-0.39, 0.29) is 44.1 Å². The molecule has 582 valence electrons. The van der Waals surface area contributed by atoms with Crippen molar-refractivity contribution in [2.24, 2.45) is 23.7 Å². The van der Waals surface area contributed by atoms with Gasteiger partial charge < -0.3 is 39.4 Å². The summed E-state index contributed by atoms with van der Waals surface area (Å²) < 4.78 is 26.0. The van der Waals surface area contributed by atoms with Gasteiger partial charge in [0.15, 0.2) is 0 Å². The predicted molar refractivity (Wildman–Crippen MR) is 455 cm³/mol. The molecule has 8 aliphatic rings. The van der Waals surface area contributed by atoms with Crippen LogP contribution in [0.5, 0.6) is 46.0 Å². The van der Waals surface area contributed by atoms with Crippen LogP contribution in [0, 0.1) is 30.6 Å². The number of halogens is 2. The van der Waals surface area contributed by atoms with Crippen molar-refractivity contribution in [1.29, 1.82) is 0 Å². The lowest BCUT2D eigenvalue weighted by molar-refractivity contribution is 0.00711. The number of phenolic OH excluding ortho intramolecular Hbond substituents is 4. The van der Waals surface area contributed by atoms with Gasteiger partial charge in [0.25, 0.3) is 0 Å². The molecular weight excluding hydrogens is 1420 g/mol. The van der Waals surface area contributed by atoms with Gasteiger partial charge >= 0.3 is 0 Å². The second kappa shape index (κ2) is 29.6. The lowest BCUT2D eigenvalue weighted by Gasteiger charge is -2.47. The zero-order valence-corrected chi connectivity index (χ0v) is 71.3. The number of fused-ring (bicyclic) bond motifs is 12. The van der Waals surface area contributed by atoms with Crippen LogP contribution in [0.3, 0.4) is 0 Å². The van der Waals surface area contributed by atoms with Crippen LogP contribution in [-0.4, -0.2) is 42.8 Å². The number of benzene rings is 7. The Kier molecular flexibility index (Phi) is 21.6. The molecule has 0 radical (unpaired) electrons. The summed E-state index contributed by atoms with van der Waals surface area (Å²) in [5, 5.41) is 47.8. The molecule has 0 amide bonds. The van der Waals surface area contributed by atoms with Crippen molar-refractivity contribution < 1.29 is 39.4 Å². The molecule has 0 bridgehead atoms. The van der Waals surface area contributed by atoms with Gasteiger partial charge in [-0.2, -0.15) is 0 Å². The standard InChI is InChI=1S/C26H32O2.2C25H29ClO2.C23H28O2S/c1-16-8-7-9-18(12-16)25(3,4)19-14-22(27)24-20-13-17(2)10-11-21(20)26(5,6)28-23(24)15-19;1-15-6-11-20-19(12-15)23-21(27)13-17(14-22(23)28-25(20,4)5)24(2,3)16-7-9-18(26)10-8-16;1-15-9-10-20-19(11-15)23-21(27)13-17(14-22(23)28-25(20,4)5)24(2,3)16-7-6-8-18(26)12-16;1-14-8-9-17-16(11-14)21-18(24)12-15(13-19(21)25-23(17,4)5)22(2,3)20-7-6-10-26-20/h7-10,12,14-15,20-21,27H,11,13H2,1-6H3;6-10,13-14,19-20,27H,11-12H2,1-5H3;6-9,12-14,19-20,27H,10-11H2,1-5H3;6-8,10,12-13,16-17,24H,9,11H2,1-5H3/t20-,21-;2*19-,20-;16-,17-/m1111/s1. The number of thiophene rings is 1. The van der Waals surface area contributed by atoms with Gasteiger partial charge in [0.05, 0.1) is 0 Å². The lowest BCUT2D eigenvalue weighted by Crippen LogP contribution is -2.45. The van der Waals surface area contributed by atoms with Gasteiger partial charge in [-0.3, -0.25) is 0 Å². The van der Waals surface area contributed by atoms with E-state index in [0.717, 1.165) is 140 Å². The van der Waals surface area contributed by atoms with Crippen LogP contribution in [0.4, 0.5) is 0 Å². The molecule has 16 rings (SSSR count). The molecule has 0 saturated carbocycles. The van der Waals surface area contributed by atoms with E-state index in [0.29, 0.717) is 70.3 Å². The highest BCUT2D eigenvalue weighted by Crippen LogP contribution is 2.61. The van der Waals surface area contributed by atoms with Crippen molar-refractivity contribution in [1.82, 2.24) is 0 Å². The fourth-order valence-corrected chi connectivity index (χ4v) is 20.9. The van der Waals surface area contributed by atoms with E-state index in [1.54, 1.807) is 11.3 Å². The molecule has 4 N–H and O–H groups in total. The van der Waals surface area contributed by atoms with Crippen molar-refractivity contribution in [2.45, 2.75) is 265 Å². The molecule has 8 nitrogen and oxygen atoms in total. The molecular formula is C99H118Cl2O8S. The Hall–Kier alpha value is -7.82. The first-order chi connectivity index (χ1) is 51.5. The second-order valence-electron chi connectivity index (χ2n) is 37.6. The molecule has 0 unspecified atom stereocenters. The fraction of sp³-hybridized carbons (Fsp3) is 0.455. The molecule has 4 aliphatic carbocycles. The van der Waals surface area contributed by atoms with Crippen LogP contribution in [0.2, 0.25) is 10.0 Å². The maximum atomic E-state index is 11.1. The molecule has 8 atom stereocenters. The normalized spacial score (nSPS) is 23.5. The molecule has 0 saturated heterocycles. The average Bonchev–Trinajstić information content (AvgIpc) is 0.753. The molecule has 0 fully saturated rings. The quantitative estimate of drug-likeness (QED) is 0.111. The Balaban J connectivity index is 0.000000129. The van der Waals surface area contributed by atoms with E-state index in [4.69, 9.17) is 42.1 Å². The van der Waals surface area contributed by atoms with Gasteiger partial charge in [-0.05, 0) is 265 Å². The number of hydrogen-bond acceptors (Lipinski definition) is 9. The minimum atomic E-state index is -0.301.